The molecule has 1 aliphatic heterocycles. The van der Waals surface area contributed by atoms with Crippen molar-refractivity contribution < 1.29 is 4.92 Å². The largest absolute Gasteiger partial charge is 0.354 e. The third kappa shape index (κ3) is 3.40. The minimum atomic E-state index is -0.398. The van der Waals surface area contributed by atoms with Gasteiger partial charge in [-0.2, -0.15) is 4.98 Å². The highest BCUT2D eigenvalue weighted by molar-refractivity contribution is 5.59. The van der Waals surface area contributed by atoms with Gasteiger partial charge in [0.05, 0.1) is 4.92 Å². The summed E-state index contributed by atoms with van der Waals surface area (Å²) in [5, 5.41) is 14.4. The van der Waals surface area contributed by atoms with Gasteiger partial charge in [-0.1, -0.05) is 13.8 Å². The zero-order valence-corrected chi connectivity index (χ0v) is 12.9. The van der Waals surface area contributed by atoms with Gasteiger partial charge in [-0.15, -0.1) is 0 Å². The molecule has 116 valence electrons. The summed E-state index contributed by atoms with van der Waals surface area (Å²) in [5.41, 5.74) is -0.0157. The Morgan fingerprint density at radius 3 is 2.95 bits per heavy atom. The average molecular weight is 293 g/mol. The highest BCUT2D eigenvalue weighted by atomic mass is 16.6. The Kier molecular flexibility index (Phi) is 4.93. The number of nitro groups is 1. The molecule has 21 heavy (non-hydrogen) atoms. The number of hydrogen-bond donors (Lipinski definition) is 1. The highest BCUT2D eigenvalue weighted by Crippen LogP contribution is 2.33. The van der Waals surface area contributed by atoms with Gasteiger partial charge in [0.25, 0.3) is 0 Å². The van der Waals surface area contributed by atoms with Crippen LogP contribution in [0.4, 0.5) is 17.5 Å². The second-order valence-corrected chi connectivity index (χ2v) is 5.64. The summed E-state index contributed by atoms with van der Waals surface area (Å²) in [6.07, 6.45) is 4.45. The van der Waals surface area contributed by atoms with Crippen LogP contribution in [-0.4, -0.2) is 34.0 Å². The summed E-state index contributed by atoms with van der Waals surface area (Å²) in [6, 6.07) is 0.242. The zero-order valence-electron chi connectivity index (χ0n) is 12.9. The molecule has 2 unspecified atom stereocenters. The van der Waals surface area contributed by atoms with Gasteiger partial charge in [-0.3, -0.25) is 10.1 Å². The second-order valence-electron chi connectivity index (χ2n) is 5.64. The summed E-state index contributed by atoms with van der Waals surface area (Å²) in [5.74, 6) is 1.40. The molecule has 0 amide bonds. The molecule has 7 nitrogen and oxygen atoms in total. The molecule has 1 fully saturated rings. The number of nitrogens with zero attached hydrogens (tertiary/aromatic N) is 4. The number of hydrogen-bond acceptors (Lipinski definition) is 6. The van der Waals surface area contributed by atoms with Gasteiger partial charge in [-0.25, -0.2) is 4.98 Å². The molecule has 0 aliphatic carbocycles. The van der Waals surface area contributed by atoms with Crippen molar-refractivity contribution in [1.82, 2.24) is 9.97 Å². The molecule has 0 radical (unpaired) electrons. The molecule has 1 aromatic rings. The van der Waals surface area contributed by atoms with Crippen LogP contribution in [-0.2, 0) is 0 Å². The lowest BCUT2D eigenvalue weighted by molar-refractivity contribution is -0.384. The maximum atomic E-state index is 11.3. The summed E-state index contributed by atoms with van der Waals surface area (Å²) in [6.45, 7) is 7.89. The first kappa shape index (κ1) is 15.5. The lowest BCUT2D eigenvalue weighted by Gasteiger charge is -2.38. The zero-order chi connectivity index (χ0) is 15.4. The van der Waals surface area contributed by atoms with E-state index in [2.05, 4.69) is 29.1 Å². The fourth-order valence-electron chi connectivity index (χ4n) is 2.66. The van der Waals surface area contributed by atoms with Crippen LogP contribution in [0.25, 0.3) is 0 Å². The molecule has 0 spiro atoms. The Hall–Kier alpha value is -1.92. The first-order valence-electron chi connectivity index (χ1n) is 7.56. The monoisotopic (exact) mass is 293 g/mol. The third-order valence-electron chi connectivity index (χ3n) is 4.13. The van der Waals surface area contributed by atoms with Crippen LogP contribution < -0.4 is 10.2 Å². The minimum absolute atomic E-state index is 0.0157. The highest BCUT2D eigenvalue weighted by Gasteiger charge is 2.31. The van der Waals surface area contributed by atoms with Crippen molar-refractivity contribution >= 4 is 17.5 Å². The molecule has 1 saturated heterocycles. The van der Waals surface area contributed by atoms with E-state index >= 15 is 0 Å². The van der Waals surface area contributed by atoms with Crippen LogP contribution in [0.1, 0.15) is 40.0 Å². The van der Waals surface area contributed by atoms with Crippen LogP contribution in [0.2, 0.25) is 0 Å². The number of nitrogens with one attached hydrogen (secondary N) is 1. The Morgan fingerprint density at radius 1 is 1.52 bits per heavy atom. The first-order valence-corrected chi connectivity index (χ1v) is 7.56. The van der Waals surface area contributed by atoms with Gasteiger partial charge < -0.3 is 10.2 Å². The topological polar surface area (TPSA) is 84.2 Å². The normalized spacial score (nSPS) is 22.1. The summed E-state index contributed by atoms with van der Waals surface area (Å²) < 4.78 is 0. The smallest absolute Gasteiger partial charge is 0.329 e. The molecule has 2 rings (SSSR count). The van der Waals surface area contributed by atoms with Crippen LogP contribution in [0.15, 0.2) is 6.20 Å². The summed E-state index contributed by atoms with van der Waals surface area (Å²) in [7, 11) is 0. The SMILES string of the molecule is CCCNc1ncc([N+](=O)[O-])c(N2CCCC(C)C2C)n1. The molecular formula is C14H23N5O2. The number of rotatable bonds is 5. The van der Waals surface area contributed by atoms with E-state index in [0.29, 0.717) is 17.7 Å². The van der Waals surface area contributed by atoms with Crippen molar-refractivity contribution in [3.8, 4) is 0 Å². The van der Waals surface area contributed by atoms with Crippen molar-refractivity contribution in [2.75, 3.05) is 23.3 Å². The van der Waals surface area contributed by atoms with Crippen molar-refractivity contribution in [2.45, 2.75) is 46.1 Å². The summed E-state index contributed by atoms with van der Waals surface area (Å²) >= 11 is 0. The van der Waals surface area contributed by atoms with Crippen molar-refractivity contribution in [3.63, 3.8) is 0 Å². The lowest BCUT2D eigenvalue weighted by Crippen LogP contribution is -2.43. The van der Waals surface area contributed by atoms with Gasteiger partial charge >= 0.3 is 5.69 Å². The fourth-order valence-corrected chi connectivity index (χ4v) is 2.66. The molecule has 1 N–H and O–H groups in total. The standard InChI is InChI=1S/C14H23N5O2/c1-4-7-15-14-16-9-12(19(20)21)13(17-14)18-8-5-6-10(2)11(18)3/h9-11H,4-8H2,1-3H3,(H,15,16,17). The van der Waals surface area contributed by atoms with E-state index < -0.39 is 4.92 Å². The van der Waals surface area contributed by atoms with Crippen molar-refractivity contribution in [1.29, 1.82) is 0 Å². The van der Waals surface area contributed by atoms with Crippen LogP contribution in [0, 0.1) is 16.0 Å². The maximum absolute atomic E-state index is 11.3. The van der Waals surface area contributed by atoms with E-state index in [9.17, 15) is 10.1 Å². The molecular weight excluding hydrogens is 270 g/mol. The Morgan fingerprint density at radius 2 is 2.29 bits per heavy atom. The minimum Gasteiger partial charge on any atom is -0.354 e. The Bertz CT molecular complexity index is 508. The predicted octanol–water partition coefficient (Wildman–Crippen LogP) is 2.83. The molecule has 2 atom stereocenters. The Balaban J connectivity index is 2.35. The van der Waals surface area contributed by atoms with Crippen molar-refractivity contribution in [2.24, 2.45) is 5.92 Å². The van der Waals surface area contributed by atoms with E-state index in [1.165, 1.54) is 6.20 Å². The van der Waals surface area contributed by atoms with Crippen LogP contribution >= 0.6 is 0 Å². The molecule has 1 aromatic heterocycles. The summed E-state index contributed by atoms with van der Waals surface area (Å²) in [4.78, 5) is 21.4. The number of aromatic nitrogens is 2. The fraction of sp³-hybridized carbons (Fsp3) is 0.714. The quantitative estimate of drug-likeness (QED) is 0.664. The molecule has 1 aliphatic rings. The predicted molar refractivity (Wildman–Crippen MR) is 82.7 cm³/mol. The van der Waals surface area contributed by atoms with E-state index in [0.717, 1.165) is 32.4 Å². The van der Waals surface area contributed by atoms with Gasteiger partial charge in [0.15, 0.2) is 0 Å². The first-order chi connectivity index (χ1) is 10.0. The molecule has 0 aromatic carbocycles. The van der Waals surface area contributed by atoms with Gasteiger partial charge in [0.2, 0.25) is 11.8 Å². The molecule has 7 heteroatoms. The lowest BCUT2D eigenvalue weighted by atomic mass is 9.92. The number of anilines is 2. The average Bonchev–Trinajstić information content (AvgIpc) is 2.47. The Labute approximate surface area is 124 Å². The molecule has 0 bridgehead atoms. The van der Waals surface area contributed by atoms with E-state index in [1.807, 2.05) is 11.8 Å². The third-order valence-corrected chi connectivity index (χ3v) is 4.13. The number of piperidine rings is 1. The molecule has 2 heterocycles. The second kappa shape index (κ2) is 6.69. The van der Waals surface area contributed by atoms with Gasteiger partial charge in [-0.05, 0) is 32.1 Å². The van der Waals surface area contributed by atoms with Gasteiger partial charge in [0.1, 0.15) is 6.20 Å². The van der Waals surface area contributed by atoms with E-state index in [1.54, 1.807) is 0 Å². The van der Waals surface area contributed by atoms with Crippen LogP contribution in [0.5, 0.6) is 0 Å². The van der Waals surface area contributed by atoms with E-state index in [4.69, 9.17) is 0 Å². The van der Waals surface area contributed by atoms with Crippen molar-refractivity contribution in [3.05, 3.63) is 16.3 Å². The van der Waals surface area contributed by atoms with Gasteiger partial charge in [0, 0.05) is 19.1 Å². The maximum Gasteiger partial charge on any atom is 0.329 e. The molecule has 0 saturated carbocycles. The van der Waals surface area contributed by atoms with Crippen LogP contribution in [0.3, 0.4) is 0 Å². The van der Waals surface area contributed by atoms with E-state index in [-0.39, 0.29) is 11.7 Å².